The average molecular weight is 825 g/mol. The van der Waals surface area contributed by atoms with E-state index in [1.54, 1.807) is 4.90 Å². The topological polar surface area (TPSA) is 142 Å². The quantitative estimate of drug-likeness (QED) is 0.0305. The minimum Gasteiger partial charge on any atom is -0.459 e. The van der Waals surface area contributed by atoms with Gasteiger partial charge in [0.2, 0.25) is 8.32 Å². The fourth-order valence-corrected chi connectivity index (χ4v) is 13.3. The largest absolute Gasteiger partial charge is 0.459 e. The summed E-state index contributed by atoms with van der Waals surface area (Å²) < 4.78 is 36.4. The van der Waals surface area contributed by atoms with Gasteiger partial charge in [-0.25, -0.2) is 9.59 Å². The van der Waals surface area contributed by atoms with E-state index < -0.39 is 56.4 Å². The highest BCUT2D eigenvalue weighted by molar-refractivity contribution is 6.77. The molecule has 0 unspecified atom stereocenters. The van der Waals surface area contributed by atoms with Crippen LogP contribution in [0.15, 0.2) is 30.3 Å². The third-order valence-electron chi connectivity index (χ3n) is 10.4. The SMILES string of the molecule is COCO[C@@H]([C@H](C)CO)[C@@H](OC(=O)C[C@H](O[Si](C(C)C)(C(C)C)C(C)C)[C@@H](CC(C)C)N(CCCCNC(=O)OCc1ccccc1)C(=O)OC(C)(C)C)C(C)C. The number of alkyl carbamates (subject to hydrolysis) is 1. The molecule has 330 valence electrons. The van der Waals surface area contributed by atoms with Crippen molar-refractivity contribution < 1.29 is 47.6 Å². The Bertz CT molecular complexity index is 1270. The molecule has 1 rings (SSSR count). The molecule has 1 aromatic carbocycles. The van der Waals surface area contributed by atoms with Gasteiger partial charge < -0.3 is 43.4 Å². The van der Waals surface area contributed by atoms with Crippen LogP contribution in [0.2, 0.25) is 16.6 Å². The number of benzene rings is 1. The number of hydrogen-bond acceptors (Lipinski definition) is 10. The fraction of sp³-hybridized carbons (Fsp3) is 0.795. The summed E-state index contributed by atoms with van der Waals surface area (Å²) in [5.41, 5.74) is 0.752. The lowest BCUT2D eigenvalue weighted by Gasteiger charge is -2.48. The first kappa shape index (κ1) is 52.3. The zero-order valence-electron chi connectivity index (χ0n) is 38.1. The number of nitrogens with one attached hydrogen (secondary N) is 1. The molecule has 0 bridgehead atoms. The second-order valence-corrected chi connectivity index (χ2v) is 23.5. The molecule has 12 nitrogen and oxygen atoms in total. The van der Waals surface area contributed by atoms with Gasteiger partial charge in [-0.2, -0.15) is 0 Å². The van der Waals surface area contributed by atoms with Gasteiger partial charge in [0.15, 0.2) is 0 Å². The number of unbranched alkanes of at least 4 members (excludes halogenated alkanes) is 1. The molecule has 0 saturated carbocycles. The summed E-state index contributed by atoms with van der Waals surface area (Å²) in [6.07, 6.45) is -1.40. The minimum atomic E-state index is -2.63. The van der Waals surface area contributed by atoms with Gasteiger partial charge >= 0.3 is 18.2 Å². The smallest absolute Gasteiger partial charge is 0.410 e. The maximum absolute atomic E-state index is 14.3. The molecule has 13 heteroatoms. The van der Waals surface area contributed by atoms with Crippen molar-refractivity contribution in [3.05, 3.63) is 35.9 Å². The van der Waals surface area contributed by atoms with Crippen LogP contribution in [0.4, 0.5) is 9.59 Å². The summed E-state index contributed by atoms with van der Waals surface area (Å²) >= 11 is 0. The number of rotatable bonds is 26. The Morgan fingerprint density at radius 3 is 1.95 bits per heavy atom. The maximum atomic E-state index is 14.3. The lowest BCUT2D eigenvalue weighted by atomic mass is 9.92. The highest BCUT2D eigenvalue weighted by Gasteiger charge is 2.49. The van der Waals surface area contributed by atoms with Crippen molar-refractivity contribution in [2.75, 3.05) is 33.6 Å². The molecule has 0 aromatic heterocycles. The number of aliphatic hydroxyl groups is 1. The number of nitrogens with zero attached hydrogens (tertiary/aromatic N) is 1. The predicted molar refractivity (Wildman–Crippen MR) is 228 cm³/mol. The molecule has 0 radical (unpaired) electrons. The molecule has 5 atom stereocenters. The molecule has 1 aromatic rings. The molecule has 57 heavy (non-hydrogen) atoms. The number of methoxy groups -OCH3 is 1. The lowest BCUT2D eigenvalue weighted by Crippen LogP contribution is -2.57. The number of esters is 1. The van der Waals surface area contributed by atoms with E-state index in [0.717, 1.165) is 5.56 Å². The van der Waals surface area contributed by atoms with Crippen molar-refractivity contribution >= 4 is 26.5 Å². The van der Waals surface area contributed by atoms with Crippen LogP contribution in [0.3, 0.4) is 0 Å². The number of aliphatic hydroxyl groups excluding tert-OH is 1. The molecule has 2 amide bonds. The van der Waals surface area contributed by atoms with Crippen molar-refractivity contribution in [2.24, 2.45) is 17.8 Å². The lowest BCUT2D eigenvalue weighted by molar-refractivity contribution is -0.181. The molecule has 0 spiro atoms. The van der Waals surface area contributed by atoms with Crippen LogP contribution in [0, 0.1) is 17.8 Å². The first-order chi connectivity index (χ1) is 26.6. The molecule has 0 saturated heterocycles. The van der Waals surface area contributed by atoms with Gasteiger partial charge in [-0.1, -0.05) is 106 Å². The van der Waals surface area contributed by atoms with Crippen LogP contribution in [0.25, 0.3) is 0 Å². The van der Waals surface area contributed by atoms with Crippen LogP contribution in [-0.4, -0.2) is 100 Å². The third kappa shape index (κ3) is 18.0. The number of ether oxygens (including phenoxy) is 5. The van der Waals surface area contributed by atoms with Crippen LogP contribution in [0.1, 0.15) is 128 Å². The molecular weight excluding hydrogens is 745 g/mol. The van der Waals surface area contributed by atoms with Gasteiger partial charge in [0.25, 0.3) is 0 Å². The average Bonchev–Trinajstić information content (AvgIpc) is 3.11. The second kappa shape index (κ2) is 25.7. The first-order valence-corrected chi connectivity index (χ1v) is 23.3. The zero-order valence-corrected chi connectivity index (χ0v) is 39.1. The molecule has 0 heterocycles. The van der Waals surface area contributed by atoms with Crippen LogP contribution < -0.4 is 5.32 Å². The van der Waals surface area contributed by atoms with E-state index in [0.29, 0.717) is 32.4 Å². The van der Waals surface area contributed by atoms with E-state index in [4.69, 9.17) is 28.1 Å². The molecule has 0 fully saturated rings. The molecule has 0 aliphatic heterocycles. The first-order valence-electron chi connectivity index (χ1n) is 21.1. The Morgan fingerprint density at radius 2 is 1.46 bits per heavy atom. The number of carbonyl (C=O) groups excluding carboxylic acids is 3. The van der Waals surface area contributed by atoms with Crippen LogP contribution in [-0.2, 0) is 39.5 Å². The summed E-state index contributed by atoms with van der Waals surface area (Å²) in [6, 6.07) is 8.96. The number of amides is 2. The van der Waals surface area contributed by atoms with E-state index in [1.807, 2.05) is 71.9 Å². The third-order valence-corrected chi connectivity index (χ3v) is 16.5. The van der Waals surface area contributed by atoms with Crippen molar-refractivity contribution in [3.63, 3.8) is 0 Å². The Morgan fingerprint density at radius 1 is 0.860 bits per heavy atom. The van der Waals surface area contributed by atoms with E-state index in [2.05, 4.69) is 60.7 Å². The van der Waals surface area contributed by atoms with Crippen molar-refractivity contribution in [1.29, 1.82) is 0 Å². The number of hydrogen-bond donors (Lipinski definition) is 2. The predicted octanol–water partition coefficient (Wildman–Crippen LogP) is 9.48. The maximum Gasteiger partial charge on any atom is 0.410 e. The Kier molecular flexibility index (Phi) is 23.6. The molecule has 2 N–H and O–H groups in total. The molecule has 0 aliphatic carbocycles. The van der Waals surface area contributed by atoms with E-state index >= 15 is 0 Å². The Labute approximate surface area is 346 Å². The number of carbonyl (C=O) groups is 3. The summed E-state index contributed by atoms with van der Waals surface area (Å²) in [6.45, 7) is 29.4. The van der Waals surface area contributed by atoms with Crippen LogP contribution in [0.5, 0.6) is 0 Å². The monoisotopic (exact) mass is 825 g/mol. The van der Waals surface area contributed by atoms with Gasteiger partial charge in [0.1, 0.15) is 31.2 Å². The Balaban J connectivity index is 3.62. The summed E-state index contributed by atoms with van der Waals surface area (Å²) in [5.74, 6) is -0.789. The standard InChI is InChI=1S/C44H80N2O10Si/c1-30(2)25-37(46(43(50)55-44(12,13)14)24-20-19-23-45-42(49)52-28-36-21-17-16-18-22-36)38(56-57(32(5)6,33(7)8)34(9)10)26-39(48)54-40(31(3)4)41(35(11)27-47)53-29-51-15/h16-18,21-22,30-35,37-38,40-41,47H,19-20,23-29H2,1-15H3,(H,45,49)/t35-,37-,38+,40+,41+/m1/s1. The Hall–Kier alpha value is -2.71. The summed E-state index contributed by atoms with van der Waals surface area (Å²) in [4.78, 5) is 42.9. The highest BCUT2D eigenvalue weighted by atomic mass is 28.4. The summed E-state index contributed by atoms with van der Waals surface area (Å²) in [5, 5.41) is 12.9. The van der Waals surface area contributed by atoms with Gasteiger partial charge in [-0.05, 0) is 74.1 Å². The van der Waals surface area contributed by atoms with Crippen molar-refractivity contribution in [1.82, 2.24) is 10.2 Å². The van der Waals surface area contributed by atoms with Gasteiger partial charge in [-0.3, -0.25) is 4.79 Å². The fourth-order valence-electron chi connectivity index (χ4n) is 7.75. The van der Waals surface area contributed by atoms with Crippen molar-refractivity contribution in [3.8, 4) is 0 Å². The minimum absolute atomic E-state index is 0.0154. The normalized spacial score (nSPS) is 15.1. The second-order valence-electron chi connectivity index (χ2n) is 18.1. The van der Waals surface area contributed by atoms with E-state index in [-0.39, 0.29) is 60.8 Å². The van der Waals surface area contributed by atoms with E-state index in [1.165, 1.54) is 7.11 Å². The van der Waals surface area contributed by atoms with Gasteiger partial charge in [0, 0.05) is 32.7 Å². The molecule has 0 aliphatic rings. The van der Waals surface area contributed by atoms with Gasteiger partial charge in [0.05, 0.1) is 18.6 Å². The van der Waals surface area contributed by atoms with Crippen molar-refractivity contribution in [2.45, 2.75) is 176 Å². The van der Waals surface area contributed by atoms with E-state index in [9.17, 15) is 19.5 Å². The zero-order chi connectivity index (χ0) is 43.5. The summed E-state index contributed by atoms with van der Waals surface area (Å²) in [7, 11) is -1.11. The highest BCUT2D eigenvalue weighted by Crippen LogP contribution is 2.44. The molecular formula is C44H80N2O10Si. The van der Waals surface area contributed by atoms with Gasteiger partial charge in [-0.15, -0.1) is 0 Å². The van der Waals surface area contributed by atoms with Crippen LogP contribution >= 0.6 is 0 Å².